The van der Waals surface area contributed by atoms with E-state index in [0.717, 1.165) is 0 Å². The lowest BCUT2D eigenvalue weighted by Crippen LogP contribution is -2.13. The number of carbonyl (C=O) groups is 2. The maximum Gasteiger partial charge on any atom is 0.327 e. The third kappa shape index (κ3) is 3.18. The highest BCUT2D eigenvalue weighted by Crippen LogP contribution is 2.08. The van der Waals surface area contributed by atoms with Crippen molar-refractivity contribution in [1.29, 1.82) is 0 Å². The number of aromatic nitrogens is 3. The molecule has 2 aromatic rings. The molecule has 0 unspecified atom stereocenters. The van der Waals surface area contributed by atoms with E-state index in [0.29, 0.717) is 11.4 Å². The monoisotopic (exact) mass is 264 g/mol. The first-order chi connectivity index (χ1) is 9.08. The van der Waals surface area contributed by atoms with Gasteiger partial charge in [-0.05, 0) is 6.92 Å². The minimum Gasteiger partial charge on any atom is -0.468 e. The van der Waals surface area contributed by atoms with Crippen molar-refractivity contribution in [1.82, 2.24) is 14.9 Å². The summed E-state index contributed by atoms with van der Waals surface area (Å²) in [5, 5.41) is 10.1. The fourth-order valence-electron chi connectivity index (χ4n) is 1.38. The number of esters is 1. The molecule has 0 fully saturated rings. The summed E-state index contributed by atoms with van der Waals surface area (Å²) in [6.07, 6.45) is 2.94. The lowest BCUT2D eigenvalue weighted by molar-refractivity contribution is -0.141. The summed E-state index contributed by atoms with van der Waals surface area (Å²) < 4.78 is 10.7. The number of carbonyl (C=O) groups excluding carboxylic acids is 2. The summed E-state index contributed by atoms with van der Waals surface area (Å²) in [5.74, 6) is -0.283. The number of methoxy groups -OCH3 is 1. The van der Waals surface area contributed by atoms with E-state index in [2.05, 4.69) is 20.3 Å². The Morgan fingerprint density at radius 2 is 2.32 bits per heavy atom. The molecule has 0 aliphatic rings. The van der Waals surface area contributed by atoms with Crippen molar-refractivity contribution >= 4 is 17.6 Å². The van der Waals surface area contributed by atoms with Crippen LogP contribution in [0.2, 0.25) is 0 Å². The highest BCUT2D eigenvalue weighted by Gasteiger charge is 2.12. The Hall–Kier alpha value is -2.64. The van der Waals surface area contributed by atoms with Gasteiger partial charge in [-0.25, -0.2) is 0 Å². The SMILES string of the molecule is COC(=O)Cn1cc(NC(=O)c2cc(C)on2)cn1. The molecule has 19 heavy (non-hydrogen) atoms. The number of ether oxygens (including phenoxy) is 1. The number of rotatable bonds is 4. The van der Waals surface area contributed by atoms with E-state index in [1.165, 1.54) is 30.3 Å². The third-order valence-corrected chi connectivity index (χ3v) is 2.27. The molecule has 8 heteroatoms. The van der Waals surface area contributed by atoms with Crippen molar-refractivity contribution in [3.05, 3.63) is 29.9 Å². The summed E-state index contributed by atoms with van der Waals surface area (Å²) in [4.78, 5) is 22.8. The molecular weight excluding hydrogens is 252 g/mol. The molecule has 100 valence electrons. The van der Waals surface area contributed by atoms with Gasteiger partial charge in [-0.1, -0.05) is 5.16 Å². The highest BCUT2D eigenvalue weighted by molar-refractivity contribution is 6.02. The molecule has 0 atom stereocenters. The fraction of sp³-hybridized carbons (Fsp3) is 0.273. The minimum absolute atomic E-state index is 0.0184. The zero-order chi connectivity index (χ0) is 13.8. The standard InChI is InChI=1S/C11H12N4O4/c1-7-3-9(14-19-7)11(17)13-8-4-12-15(5-8)6-10(16)18-2/h3-5H,6H2,1-2H3,(H,13,17). The van der Waals surface area contributed by atoms with Crippen LogP contribution in [0.15, 0.2) is 23.0 Å². The summed E-state index contributed by atoms with van der Waals surface area (Å²) in [6, 6.07) is 1.52. The van der Waals surface area contributed by atoms with Crippen LogP contribution in [0.25, 0.3) is 0 Å². The van der Waals surface area contributed by atoms with Gasteiger partial charge < -0.3 is 14.6 Å². The second kappa shape index (κ2) is 5.34. The van der Waals surface area contributed by atoms with Gasteiger partial charge in [0.25, 0.3) is 5.91 Å². The molecular formula is C11H12N4O4. The van der Waals surface area contributed by atoms with Gasteiger partial charge in [0, 0.05) is 12.3 Å². The Labute approximate surface area is 108 Å². The molecule has 0 radical (unpaired) electrons. The third-order valence-electron chi connectivity index (χ3n) is 2.27. The van der Waals surface area contributed by atoms with Gasteiger partial charge in [-0.15, -0.1) is 0 Å². The van der Waals surface area contributed by atoms with Gasteiger partial charge in [-0.2, -0.15) is 5.10 Å². The van der Waals surface area contributed by atoms with Gasteiger partial charge in [0.15, 0.2) is 5.69 Å². The molecule has 0 aliphatic carbocycles. The van der Waals surface area contributed by atoms with Gasteiger partial charge in [0.2, 0.25) is 0 Å². The van der Waals surface area contributed by atoms with Gasteiger partial charge in [0.1, 0.15) is 12.3 Å². The number of nitrogens with one attached hydrogen (secondary N) is 1. The molecule has 2 aromatic heterocycles. The normalized spacial score (nSPS) is 10.2. The Balaban J connectivity index is 2.00. The van der Waals surface area contributed by atoms with E-state index in [4.69, 9.17) is 4.52 Å². The van der Waals surface area contributed by atoms with Crippen LogP contribution in [0.4, 0.5) is 5.69 Å². The van der Waals surface area contributed by atoms with E-state index in [1.54, 1.807) is 6.92 Å². The van der Waals surface area contributed by atoms with Crippen molar-refractivity contribution in [3.8, 4) is 0 Å². The zero-order valence-corrected chi connectivity index (χ0v) is 10.4. The van der Waals surface area contributed by atoms with Crippen LogP contribution in [0.3, 0.4) is 0 Å². The average Bonchev–Trinajstić information content (AvgIpc) is 2.98. The van der Waals surface area contributed by atoms with E-state index >= 15 is 0 Å². The summed E-state index contributed by atoms with van der Waals surface area (Å²) in [7, 11) is 1.29. The number of nitrogens with zero attached hydrogens (tertiary/aromatic N) is 3. The Morgan fingerprint density at radius 1 is 1.53 bits per heavy atom. The molecule has 8 nitrogen and oxygen atoms in total. The van der Waals surface area contributed by atoms with Crippen LogP contribution in [0, 0.1) is 6.92 Å². The largest absolute Gasteiger partial charge is 0.468 e. The van der Waals surface area contributed by atoms with E-state index in [9.17, 15) is 9.59 Å². The van der Waals surface area contributed by atoms with E-state index < -0.39 is 11.9 Å². The van der Waals surface area contributed by atoms with Crippen molar-refractivity contribution in [2.75, 3.05) is 12.4 Å². The molecule has 1 amide bonds. The Bertz CT molecular complexity index is 601. The maximum atomic E-state index is 11.8. The molecule has 0 saturated heterocycles. The van der Waals surface area contributed by atoms with Gasteiger partial charge >= 0.3 is 5.97 Å². The summed E-state index contributed by atoms with van der Waals surface area (Å²) in [5.41, 5.74) is 0.632. The number of hydrogen-bond donors (Lipinski definition) is 1. The van der Waals surface area contributed by atoms with E-state index in [1.807, 2.05) is 0 Å². The predicted molar refractivity (Wildman–Crippen MR) is 63.4 cm³/mol. The van der Waals surface area contributed by atoms with Crippen molar-refractivity contribution in [2.45, 2.75) is 13.5 Å². The Morgan fingerprint density at radius 3 is 2.95 bits per heavy atom. The van der Waals surface area contributed by atoms with Gasteiger partial charge in [-0.3, -0.25) is 14.3 Å². The number of hydrogen-bond acceptors (Lipinski definition) is 6. The first-order valence-electron chi connectivity index (χ1n) is 5.42. The van der Waals surface area contributed by atoms with Crippen molar-refractivity contribution < 1.29 is 18.8 Å². The fourth-order valence-corrected chi connectivity index (χ4v) is 1.38. The van der Waals surface area contributed by atoms with Crippen LogP contribution in [-0.4, -0.2) is 33.9 Å². The number of anilines is 1. The van der Waals surface area contributed by atoms with Crippen molar-refractivity contribution in [3.63, 3.8) is 0 Å². The summed E-state index contributed by atoms with van der Waals surface area (Å²) in [6.45, 7) is 1.67. The quantitative estimate of drug-likeness (QED) is 0.812. The van der Waals surface area contributed by atoms with Crippen LogP contribution in [0.1, 0.15) is 16.2 Å². The molecule has 0 bridgehead atoms. The minimum atomic E-state index is -0.423. The second-order valence-electron chi connectivity index (χ2n) is 3.78. The first-order valence-corrected chi connectivity index (χ1v) is 5.42. The van der Waals surface area contributed by atoms with Crippen LogP contribution in [-0.2, 0) is 16.1 Å². The summed E-state index contributed by atoms with van der Waals surface area (Å²) >= 11 is 0. The lowest BCUT2D eigenvalue weighted by atomic mass is 10.3. The highest BCUT2D eigenvalue weighted by atomic mass is 16.5. The topological polar surface area (TPSA) is 99.2 Å². The molecule has 0 saturated carbocycles. The van der Waals surface area contributed by atoms with Crippen LogP contribution in [0.5, 0.6) is 0 Å². The average molecular weight is 264 g/mol. The lowest BCUT2D eigenvalue weighted by Gasteiger charge is -1.99. The molecule has 0 aromatic carbocycles. The smallest absolute Gasteiger partial charge is 0.327 e. The van der Waals surface area contributed by atoms with Gasteiger partial charge in [0.05, 0.1) is 19.0 Å². The number of amides is 1. The zero-order valence-electron chi connectivity index (χ0n) is 10.4. The van der Waals surface area contributed by atoms with Crippen LogP contribution >= 0.6 is 0 Å². The predicted octanol–water partition coefficient (Wildman–Crippen LogP) is 0.605. The Kier molecular flexibility index (Phi) is 3.60. The molecule has 2 heterocycles. The first kappa shape index (κ1) is 12.8. The van der Waals surface area contributed by atoms with Crippen LogP contribution < -0.4 is 5.32 Å². The molecule has 2 rings (SSSR count). The van der Waals surface area contributed by atoms with Crippen molar-refractivity contribution in [2.24, 2.45) is 0 Å². The maximum absolute atomic E-state index is 11.8. The van der Waals surface area contributed by atoms with E-state index in [-0.39, 0.29) is 12.2 Å². The molecule has 0 aliphatic heterocycles. The second-order valence-corrected chi connectivity index (χ2v) is 3.78. The molecule has 0 spiro atoms. The number of aryl methyl sites for hydroxylation is 1. The molecule has 1 N–H and O–H groups in total.